The van der Waals surface area contributed by atoms with E-state index in [2.05, 4.69) is 19.2 Å². The van der Waals surface area contributed by atoms with E-state index in [0.29, 0.717) is 42.8 Å². The molecule has 1 aliphatic rings. The van der Waals surface area contributed by atoms with Crippen LogP contribution in [0.1, 0.15) is 62.5 Å². The second-order valence-corrected chi connectivity index (χ2v) is 10.7. The molecule has 3 atom stereocenters. The summed E-state index contributed by atoms with van der Waals surface area (Å²) in [4.78, 5) is 26.5. The van der Waals surface area contributed by atoms with Gasteiger partial charge in [0, 0.05) is 24.8 Å². The fourth-order valence-electron chi connectivity index (χ4n) is 4.77. The number of rotatable bonds is 8. The van der Waals surface area contributed by atoms with Crippen LogP contribution in [0.3, 0.4) is 0 Å². The summed E-state index contributed by atoms with van der Waals surface area (Å²) in [7, 11) is 0. The number of hydrogen-bond donors (Lipinski definition) is 2. The minimum Gasteiger partial charge on any atom is -0.478 e. The molecule has 2 aromatic carbocycles. The zero-order valence-corrected chi connectivity index (χ0v) is 21.9. The summed E-state index contributed by atoms with van der Waals surface area (Å²) >= 11 is 0. The molecule has 1 saturated heterocycles. The first-order valence-corrected chi connectivity index (χ1v) is 12.4. The number of carbonyl (C=O) groups is 2. The molecular weight excluding hydrogens is 485 g/mol. The molecular formula is C28H35F3N2O4. The molecule has 0 aromatic heterocycles. The zero-order chi connectivity index (χ0) is 27.5. The number of carboxylic acids is 1. The van der Waals surface area contributed by atoms with Crippen molar-refractivity contribution < 1.29 is 32.6 Å². The number of carbonyl (C=O) groups excluding carboxylic acids is 1. The summed E-state index contributed by atoms with van der Waals surface area (Å²) in [6.07, 6.45) is -3.09. The maximum Gasteiger partial charge on any atom is 0.416 e. The van der Waals surface area contributed by atoms with E-state index in [1.807, 2.05) is 4.90 Å². The molecule has 9 heteroatoms. The molecule has 202 valence electrons. The van der Waals surface area contributed by atoms with Gasteiger partial charge in [-0.25, -0.2) is 4.79 Å². The summed E-state index contributed by atoms with van der Waals surface area (Å²) in [6.45, 7) is 10.3. The van der Waals surface area contributed by atoms with Gasteiger partial charge >= 0.3 is 12.1 Å². The van der Waals surface area contributed by atoms with Crippen LogP contribution in [-0.2, 0) is 17.4 Å². The smallest absolute Gasteiger partial charge is 0.416 e. The number of amides is 1. The van der Waals surface area contributed by atoms with Gasteiger partial charge in [-0.1, -0.05) is 26.0 Å². The topological polar surface area (TPSA) is 78.9 Å². The van der Waals surface area contributed by atoms with E-state index in [4.69, 9.17) is 4.74 Å². The quantitative estimate of drug-likeness (QED) is 0.461. The first-order valence-electron chi connectivity index (χ1n) is 12.4. The monoisotopic (exact) mass is 520 g/mol. The van der Waals surface area contributed by atoms with Crippen molar-refractivity contribution in [1.29, 1.82) is 0 Å². The number of nitrogens with zero attached hydrogens (tertiary/aromatic N) is 1. The maximum absolute atomic E-state index is 13.5. The maximum atomic E-state index is 13.5. The minimum absolute atomic E-state index is 0.0163. The van der Waals surface area contributed by atoms with Crippen LogP contribution in [0.4, 0.5) is 18.9 Å². The summed E-state index contributed by atoms with van der Waals surface area (Å²) in [6, 6.07) is 9.86. The van der Waals surface area contributed by atoms with Crippen molar-refractivity contribution >= 4 is 17.6 Å². The molecule has 1 amide bonds. The van der Waals surface area contributed by atoms with Crippen LogP contribution in [0.5, 0.6) is 5.75 Å². The molecule has 0 bridgehead atoms. The Labute approximate surface area is 215 Å². The van der Waals surface area contributed by atoms with Gasteiger partial charge in [0.1, 0.15) is 5.75 Å². The van der Waals surface area contributed by atoms with Gasteiger partial charge in [0.15, 0.2) is 5.60 Å². The van der Waals surface area contributed by atoms with Crippen molar-refractivity contribution in [3.63, 3.8) is 0 Å². The van der Waals surface area contributed by atoms with E-state index in [0.717, 1.165) is 24.1 Å². The third kappa shape index (κ3) is 7.40. The number of carboxylic acid groups (broad SMARTS) is 1. The van der Waals surface area contributed by atoms with Gasteiger partial charge in [0.05, 0.1) is 11.1 Å². The van der Waals surface area contributed by atoms with Crippen LogP contribution in [0.25, 0.3) is 0 Å². The summed E-state index contributed by atoms with van der Waals surface area (Å²) in [5.74, 6) is -0.507. The third-order valence-electron chi connectivity index (χ3n) is 6.51. The van der Waals surface area contributed by atoms with Crippen molar-refractivity contribution in [2.45, 2.75) is 65.3 Å². The zero-order valence-electron chi connectivity index (χ0n) is 21.9. The molecule has 1 fully saturated rings. The van der Waals surface area contributed by atoms with Crippen LogP contribution < -0.4 is 15.0 Å². The summed E-state index contributed by atoms with van der Waals surface area (Å²) < 4.78 is 45.9. The fraction of sp³-hybridized carbons (Fsp3) is 0.500. The standard InChI is InChI=1S/C28H35F3N2O4/c1-17-12-18(2)16-33(15-17)24-11-8-21(28(29,30)31)14-23(24)25(34)32-19(3)13-20-6-9-22(10-7-20)37-27(4,5)26(35)36/h6-11,14,17-19H,12-13,15-16H2,1-5H3,(H,32,34)(H,35,36)/t17-,18+,19?. The third-order valence-corrected chi connectivity index (χ3v) is 6.51. The van der Waals surface area contributed by atoms with Crippen LogP contribution in [0, 0.1) is 11.8 Å². The van der Waals surface area contributed by atoms with Crippen LogP contribution in [0.15, 0.2) is 42.5 Å². The second-order valence-electron chi connectivity index (χ2n) is 10.7. The Balaban J connectivity index is 1.76. The minimum atomic E-state index is -4.55. The van der Waals surface area contributed by atoms with E-state index in [9.17, 15) is 27.9 Å². The van der Waals surface area contributed by atoms with Gasteiger partial charge < -0.3 is 20.1 Å². The Kier molecular flexibility index (Phi) is 8.45. The van der Waals surface area contributed by atoms with Crippen molar-refractivity contribution in [2.75, 3.05) is 18.0 Å². The highest BCUT2D eigenvalue weighted by atomic mass is 19.4. The molecule has 6 nitrogen and oxygen atoms in total. The highest BCUT2D eigenvalue weighted by molar-refractivity contribution is 6.00. The van der Waals surface area contributed by atoms with E-state index in [1.165, 1.54) is 19.9 Å². The number of piperidine rings is 1. The molecule has 1 aliphatic heterocycles. The summed E-state index contributed by atoms with van der Waals surface area (Å²) in [5.41, 5.74) is -0.848. The largest absolute Gasteiger partial charge is 0.478 e. The van der Waals surface area contributed by atoms with Crippen molar-refractivity contribution in [1.82, 2.24) is 5.32 Å². The molecule has 0 spiro atoms. The molecule has 0 saturated carbocycles. The van der Waals surface area contributed by atoms with Crippen LogP contribution in [-0.4, -0.2) is 41.7 Å². The highest BCUT2D eigenvalue weighted by Gasteiger charge is 2.33. The van der Waals surface area contributed by atoms with Crippen LogP contribution in [0.2, 0.25) is 0 Å². The van der Waals surface area contributed by atoms with Gasteiger partial charge in [-0.15, -0.1) is 0 Å². The first-order chi connectivity index (χ1) is 17.2. The predicted molar refractivity (Wildman–Crippen MR) is 136 cm³/mol. The van der Waals surface area contributed by atoms with Gasteiger partial charge in [-0.3, -0.25) is 4.79 Å². The normalized spacial score (nSPS) is 19.3. The number of halogens is 3. The number of benzene rings is 2. The number of alkyl halides is 3. The molecule has 2 aromatic rings. The lowest BCUT2D eigenvalue weighted by Gasteiger charge is -2.37. The average Bonchev–Trinajstić information content (AvgIpc) is 2.78. The lowest BCUT2D eigenvalue weighted by molar-refractivity contribution is -0.152. The Morgan fingerprint density at radius 1 is 1.08 bits per heavy atom. The molecule has 2 N–H and O–H groups in total. The van der Waals surface area contributed by atoms with Gasteiger partial charge in [-0.05, 0) is 81.3 Å². The lowest BCUT2D eigenvalue weighted by atomic mass is 9.91. The Hall–Kier alpha value is -3.23. The predicted octanol–water partition coefficient (Wildman–Crippen LogP) is 5.79. The molecule has 1 unspecified atom stereocenters. The fourth-order valence-corrected chi connectivity index (χ4v) is 4.77. The molecule has 37 heavy (non-hydrogen) atoms. The number of hydrogen-bond acceptors (Lipinski definition) is 4. The van der Waals surface area contributed by atoms with Gasteiger partial charge in [0.25, 0.3) is 5.91 Å². The number of aliphatic carboxylic acids is 1. The van der Waals surface area contributed by atoms with E-state index in [1.54, 1.807) is 31.2 Å². The van der Waals surface area contributed by atoms with Gasteiger partial charge in [0.2, 0.25) is 0 Å². The van der Waals surface area contributed by atoms with Crippen molar-refractivity contribution in [2.24, 2.45) is 11.8 Å². The lowest BCUT2D eigenvalue weighted by Crippen LogP contribution is -2.41. The van der Waals surface area contributed by atoms with Crippen molar-refractivity contribution in [3.05, 3.63) is 59.2 Å². The van der Waals surface area contributed by atoms with E-state index in [-0.39, 0.29) is 11.6 Å². The Bertz CT molecular complexity index is 1110. The molecule has 3 rings (SSSR count). The highest BCUT2D eigenvalue weighted by Crippen LogP contribution is 2.35. The Morgan fingerprint density at radius 2 is 1.68 bits per heavy atom. The number of anilines is 1. The summed E-state index contributed by atoms with van der Waals surface area (Å²) in [5, 5.41) is 12.1. The van der Waals surface area contributed by atoms with Crippen molar-refractivity contribution in [3.8, 4) is 5.75 Å². The molecule has 0 aliphatic carbocycles. The van der Waals surface area contributed by atoms with Crippen LogP contribution >= 0.6 is 0 Å². The number of nitrogens with one attached hydrogen (secondary N) is 1. The van der Waals surface area contributed by atoms with E-state index < -0.39 is 29.2 Å². The Morgan fingerprint density at radius 3 is 2.22 bits per heavy atom. The average molecular weight is 521 g/mol. The van der Waals surface area contributed by atoms with Gasteiger partial charge in [-0.2, -0.15) is 13.2 Å². The second kappa shape index (κ2) is 11.0. The van der Waals surface area contributed by atoms with E-state index >= 15 is 0 Å². The molecule has 1 heterocycles. The number of ether oxygens (including phenoxy) is 1. The SMILES string of the molecule is CC(Cc1ccc(OC(C)(C)C(=O)O)cc1)NC(=O)c1cc(C(F)(F)F)ccc1N1C[C@H](C)C[C@H](C)C1. The molecule has 0 radical (unpaired) electrons. The first kappa shape index (κ1) is 28.3.